The molecule has 0 amide bonds. The molecule has 21 heavy (non-hydrogen) atoms. The Labute approximate surface area is 142 Å². The van der Waals surface area contributed by atoms with Crippen molar-refractivity contribution in [2.75, 3.05) is 0 Å². The zero-order valence-electron chi connectivity index (χ0n) is 11.4. The van der Waals surface area contributed by atoms with E-state index in [1.807, 2.05) is 18.2 Å². The Bertz CT molecular complexity index is 797. The van der Waals surface area contributed by atoms with Gasteiger partial charge in [0, 0.05) is 23.4 Å². The summed E-state index contributed by atoms with van der Waals surface area (Å²) in [7, 11) is 0. The van der Waals surface area contributed by atoms with Gasteiger partial charge in [0.25, 0.3) is 0 Å². The molecule has 0 atom stereocenters. The third-order valence-electron chi connectivity index (χ3n) is 3.03. The third kappa shape index (κ3) is 3.44. The summed E-state index contributed by atoms with van der Waals surface area (Å²) >= 11 is 0. The fourth-order valence-electron chi connectivity index (χ4n) is 2.14. The average Bonchev–Trinajstić information content (AvgIpc) is 2.82. The van der Waals surface area contributed by atoms with Crippen LogP contribution in [0.15, 0.2) is 53.2 Å². The Morgan fingerprint density at radius 1 is 1.19 bits per heavy atom. The van der Waals surface area contributed by atoms with Gasteiger partial charge in [-0.15, -0.1) is 0 Å². The molecule has 0 saturated carbocycles. The number of hydrogen-bond donors (Lipinski definition) is 0. The van der Waals surface area contributed by atoms with E-state index in [1.165, 1.54) is 18.5 Å². The Hall–Kier alpha value is -1.82. The molecule has 0 bridgehead atoms. The Morgan fingerprint density at radius 2 is 2.00 bits per heavy atom. The van der Waals surface area contributed by atoms with Crippen LogP contribution in [0.2, 0.25) is 0 Å². The number of hydrogen-bond acceptors (Lipinski definition) is 4. The van der Waals surface area contributed by atoms with E-state index in [1.54, 1.807) is 12.1 Å². The number of carboxylic acid groups (broad SMARTS) is 1. The number of nitrogens with zero attached hydrogens (tertiary/aromatic N) is 1. The average molecular weight is 291 g/mol. The van der Waals surface area contributed by atoms with Crippen LogP contribution in [0.5, 0.6) is 0 Å². The Morgan fingerprint density at radius 3 is 2.71 bits per heavy atom. The van der Waals surface area contributed by atoms with E-state index >= 15 is 0 Å². The maximum absolute atomic E-state index is 11.2. The molecule has 0 spiro atoms. The van der Waals surface area contributed by atoms with Gasteiger partial charge in [-0.3, -0.25) is 0 Å². The minimum atomic E-state index is -1.33. The van der Waals surface area contributed by atoms with E-state index in [4.69, 9.17) is 4.42 Å². The van der Waals surface area contributed by atoms with Crippen molar-refractivity contribution in [1.29, 1.82) is 0 Å². The van der Waals surface area contributed by atoms with E-state index < -0.39 is 5.97 Å². The number of benzene rings is 1. The second-order valence-electron chi connectivity index (χ2n) is 4.52. The Kier molecular flexibility index (Phi) is 4.67. The zero-order chi connectivity index (χ0) is 14.1. The molecule has 5 nitrogen and oxygen atoms in total. The summed E-state index contributed by atoms with van der Waals surface area (Å²) in [5.41, 5.74) is 2.35. The van der Waals surface area contributed by atoms with Gasteiger partial charge in [0.1, 0.15) is 11.6 Å². The fourth-order valence-corrected chi connectivity index (χ4v) is 2.14. The summed E-state index contributed by atoms with van der Waals surface area (Å²) in [5, 5.41) is 22.6. The monoisotopic (exact) mass is 291 g/mol. The summed E-state index contributed by atoms with van der Waals surface area (Å²) < 4.78 is 5.89. The molecule has 100 valence electrons. The topological polar surface area (TPSA) is 80.2 Å². The first kappa shape index (κ1) is 15.6. The molecule has 2 heterocycles. The number of aromatic carboxylic acids is 1. The second kappa shape index (κ2) is 6.30. The van der Waals surface area contributed by atoms with Crippen molar-refractivity contribution in [2.45, 2.75) is 6.42 Å². The molecule has 6 heteroatoms. The van der Waals surface area contributed by atoms with Gasteiger partial charge in [-0.1, -0.05) is 6.07 Å². The molecule has 3 aromatic rings. The number of aromatic nitrogens is 1. The number of pyridine rings is 1. The molecule has 0 aliphatic carbocycles. The smallest absolute Gasteiger partial charge is 0.619 e. The van der Waals surface area contributed by atoms with Gasteiger partial charge in [-0.25, -0.2) is 0 Å². The van der Waals surface area contributed by atoms with Gasteiger partial charge in [0.2, 0.25) is 0 Å². The van der Waals surface area contributed by atoms with Gasteiger partial charge in [-0.05, 0) is 29.8 Å². The molecule has 0 N–H and O–H groups in total. The quantitative estimate of drug-likeness (QED) is 0.318. The van der Waals surface area contributed by atoms with Crippen molar-refractivity contribution in [2.24, 2.45) is 0 Å². The second-order valence-corrected chi connectivity index (χ2v) is 4.52. The van der Waals surface area contributed by atoms with Gasteiger partial charge in [0.15, 0.2) is 18.2 Å². The molecule has 0 aliphatic heterocycles. The number of carbonyl (C=O) groups is 1. The van der Waals surface area contributed by atoms with Crippen molar-refractivity contribution in [3.05, 3.63) is 70.9 Å². The molecule has 0 fully saturated rings. The molecular formula is C15H10NNaO4. The van der Waals surface area contributed by atoms with Crippen LogP contribution in [0, 0.1) is 5.21 Å². The molecule has 0 saturated heterocycles. The van der Waals surface area contributed by atoms with Crippen LogP contribution < -0.4 is 39.4 Å². The largest absolute Gasteiger partial charge is 1.00 e. The standard InChI is InChI=1S/C15H11NO4.Na/c17-15(18)14-8-12-7-10(3-4-13(12)20-14)6-11-2-1-5-16(19)9-11;/h1-5,7-9H,6H2,(H,17,18);/q;+1/p-1. The normalized spacial score (nSPS) is 10.3. The first-order valence-corrected chi connectivity index (χ1v) is 6.03. The van der Waals surface area contributed by atoms with Crippen molar-refractivity contribution in [3.63, 3.8) is 0 Å². The van der Waals surface area contributed by atoms with Gasteiger partial charge < -0.3 is 19.5 Å². The minimum Gasteiger partial charge on any atom is -0.619 e. The molecule has 1 aromatic carbocycles. The van der Waals surface area contributed by atoms with Crippen LogP contribution in [0.1, 0.15) is 21.7 Å². The van der Waals surface area contributed by atoms with Crippen molar-refractivity contribution < 1.29 is 48.6 Å². The molecule has 2 aromatic heterocycles. The molecular weight excluding hydrogens is 281 g/mol. The zero-order valence-corrected chi connectivity index (χ0v) is 13.4. The SMILES string of the molecule is O=C([O-])c1cc2cc(Cc3ccc[n+]([O-])c3)ccc2o1.[Na+]. The van der Waals surface area contributed by atoms with Crippen LogP contribution in [0.25, 0.3) is 11.0 Å². The predicted octanol–water partition coefficient (Wildman–Crippen LogP) is -1.98. The molecule has 0 radical (unpaired) electrons. The van der Waals surface area contributed by atoms with E-state index in [2.05, 4.69) is 0 Å². The van der Waals surface area contributed by atoms with E-state index in [-0.39, 0.29) is 35.3 Å². The van der Waals surface area contributed by atoms with E-state index in [9.17, 15) is 15.1 Å². The van der Waals surface area contributed by atoms with Crippen LogP contribution in [0.3, 0.4) is 0 Å². The van der Waals surface area contributed by atoms with Crippen LogP contribution in [-0.2, 0) is 6.42 Å². The van der Waals surface area contributed by atoms with Crippen molar-refractivity contribution in [1.82, 2.24) is 0 Å². The van der Waals surface area contributed by atoms with Crippen molar-refractivity contribution in [3.8, 4) is 0 Å². The van der Waals surface area contributed by atoms with Crippen LogP contribution in [0.4, 0.5) is 0 Å². The minimum absolute atomic E-state index is 0. The van der Waals surface area contributed by atoms with Gasteiger partial charge >= 0.3 is 29.6 Å². The van der Waals surface area contributed by atoms with Crippen LogP contribution in [-0.4, -0.2) is 5.97 Å². The van der Waals surface area contributed by atoms with Gasteiger partial charge in [-0.2, -0.15) is 4.73 Å². The summed E-state index contributed by atoms with van der Waals surface area (Å²) in [6.07, 6.45) is 3.52. The number of furan rings is 1. The number of fused-ring (bicyclic) bond motifs is 1. The maximum Gasteiger partial charge on any atom is 1.00 e. The number of carbonyl (C=O) groups excluding carboxylic acids is 1. The fraction of sp³-hybridized carbons (Fsp3) is 0.0667. The molecule has 0 unspecified atom stereocenters. The summed E-state index contributed by atoms with van der Waals surface area (Å²) in [5.74, 6) is -1.52. The predicted molar refractivity (Wildman–Crippen MR) is 68.8 cm³/mol. The first-order valence-electron chi connectivity index (χ1n) is 6.03. The molecule has 0 aliphatic rings. The Balaban J connectivity index is 0.00000161. The van der Waals surface area contributed by atoms with Gasteiger partial charge in [0.05, 0.1) is 0 Å². The van der Waals surface area contributed by atoms with Crippen LogP contribution >= 0.6 is 0 Å². The number of rotatable bonds is 3. The maximum atomic E-state index is 11.2. The molecule has 3 rings (SSSR count). The first-order chi connectivity index (χ1) is 9.61. The number of carboxylic acids is 1. The summed E-state index contributed by atoms with van der Waals surface area (Å²) in [6.45, 7) is 0. The third-order valence-corrected chi connectivity index (χ3v) is 3.03. The van der Waals surface area contributed by atoms with Crippen molar-refractivity contribution >= 4 is 16.9 Å². The summed E-state index contributed by atoms with van der Waals surface area (Å²) in [4.78, 5) is 10.7. The van der Waals surface area contributed by atoms with E-state index in [0.29, 0.717) is 17.4 Å². The summed E-state index contributed by atoms with van der Waals surface area (Å²) in [6, 6.07) is 10.4. The van der Waals surface area contributed by atoms with E-state index in [0.717, 1.165) is 15.9 Å².